The van der Waals surface area contributed by atoms with E-state index >= 15 is 0 Å². The van der Waals surface area contributed by atoms with Gasteiger partial charge in [0.05, 0.1) is 25.8 Å². The van der Waals surface area contributed by atoms with Crippen molar-refractivity contribution in [2.24, 2.45) is 23.3 Å². The Hall–Kier alpha value is -6.53. The zero-order valence-corrected chi connectivity index (χ0v) is 43.0. The molecule has 28 nitrogen and oxygen atoms in total. The van der Waals surface area contributed by atoms with Crippen LogP contribution >= 0.6 is 23.5 Å². The van der Waals surface area contributed by atoms with Crippen molar-refractivity contribution in [3.8, 4) is 0 Å². The standard InChI is InChI=1S/C43H70N12O16S2/c1-7-21(4)34(43(70)71)55-38(65)24(8-9-30(45)57)49-39(66)27(14-22-17-46-19-47-22)51-40(67)28(15-31(58)59)53-42(69)33(20(2)3)54-41(68)29(16-32(60)61)52-37(64)26(11-13-73-6)50-36(63)25(10-12-72-5)48-35(62)23(44)18-56/h17,19-21,23-29,33-34,56H,7-16,18,44H2,1-6H3,(H2,45,57)(H,46,47)(H,48,62)(H,49,66)(H,50,63)(H,51,67)(H,52,64)(H,53,69)(H,54,68)(H,55,65)(H,58,59)(H,60,61)(H,70,71)/t21-,23-,24-,25-,26-,27-,28-,29-,33-,34-/m0/s1. The fourth-order valence-electron chi connectivity index (χ4n) is 6.60. The van der Waals surface area contributed by atoms with E-state index in [1.807, 2.05) is 0 Å². The van der Waals surface area contributed by atoms with E-state index in [9.17, 15) is 78.0 Å². The number of nitrogens with one attached hydrogen (secondary N) is 9. The first kappa shape index (κ1) is 64.5. The lowest BCUT2D eigenvalue weighted by atomic mass is 9.98. The summed E-state index contributed by atoms with van der Waals surface area (Å²) in [7, 11) is 0. The van der Waals surface area contributed by atoms with E-state index < -0.39 is 170 Å². The van der Waals surface area contributed by atoms with Gasteiger partial charge in [-0.3, -0.25) is 52.7 Å². The highest BCUT2D eigenvalue weighted by molar-refractivity contribution is 7.98. The van der Waals surface area contributed by atoms with E-state index in [1.54, 1.807) is 26.4 Å². The third-order valence-corrected chi connectivity index (χ3v) is 12.3. The van der Waals surface area contributed by atoms with Crippen LogP contribution in [-0.4, -0.2) is 186 Å². The average Bonchev–Trinajstić information content (AvgIpc) is 3.84. The van der Waals surface area contributed by atoms with Gasteiger partial charge in [0.1, 0.15) is 54.4 Å². The van der Waals surface area contributed by atoms with E-state index in [4.69, 9.17) is 11.5 Å². The Morgan fingerprint density at radius 3 is 1.44 bits per heavy atom. The molecule has 0 aliphatic heterocycles. The van der Waals surface area contributed by atoms with Crippen molar-refractivity contribution < 1.29 is 78.0 Å². The van der Waals surface area contributed by atoms with Crippen molar-refractivity contribution in [3.63, 3.8) is 0 Å². The topological polar surface area (TPSA) is 463 Å². The van der Waals surface area contributed by atoms with Crippen molar-refractivity contribution >= 4 is 94.6 Å². The van der Waals surface area contributed by atoms with Crippen LogP contribution in [0.15, 0.2) is 12.5 Å². The lowest BCUT2D eigenvalue weighted by Gasteiger charge is -2.29. The van der Waals surface area contributed by atoms with E-state index in [1.165, 1.54) is 49.9 Å². The number of aromatic amines is 1. The van der Waals surface area contributed by atoms with Crippen LogP contribution in [0.1, 0.15) is 78.3 Å². The Labute approximate surface area is 429 Å². The minimum atomic E-state index is -1.97. The number of carboxylic acid groups (broad SMARTS) is 3. The molecule has 73 heavy (non-hydrogen) atoms. The highest BCUT2D eigenvalue weighted by Gasteiger charge is 2.37. The van der Waals surface area contributed by atoms with Gasteiger partial charge in [0, 0.05) is 24.7 Å². The van der Waals surface area contributed by atoms with Gasteiger partial charge in [-0.1, -0.05) is 34.1 Å². The largest absolute Gasteiger partial charge is 0.481 e. The Bertz CT molecular complexity index is 2070. The van der Waals surface area contributed by atoms with E-state index in [0.29, 0.717) is 12.2 Å². The van der Waals surface area contributed by atoms with E-state index in [2.05, 4.69) is 52.5 Å². The zero-order chi connectivity index (χ0) is 55.5. The molecule has 17 N–H and O–H groups in total. The van der Waals surface area contributed by atoms with Gasteiger partial charge in [-0.15, -0.1) is 0 Å². The quantitative estimate of drug-likeness (QED) is 0.0302. The Morgan fingerprint density at radius 1 is 0.603 bits per heavy atom. The lowest BCUT2D eigenvalue weighted by Crippen LogP contribution is -2.61. The molecule has 0 aromatic carbocycles. The minimum absolute atomic E-state index is 0.0369. The summed E-state index contributed by atoms with van der Waals surface area (Å²) in [6.45, 7) is 5.41. The Balaban J connectivity index is 3.49. The van der Waals surface area contributed by atoms with Crippen molar-refractivity contribution in [3.05, 3.63) is 18.2 Å². The van der Waals surface area contributed by atoms with Crippen LogP contribution in [0.3, 0.4) is 0 Å². The molecule has 0 bridgehead atoms. The van der Waals surface area contributed by atoms with Crippen LogP contribution in [0.25, 0.3) is 0 Å². The molecular weight excluding hydrogens is 1000 g/mol. The summed E-state index contributed by atoms with van der Waals surface area (Å²) in [4.78, 5) is 163. The summed E-state index contributed by atoms with van der Waals surface area (Å²) in [5.41, 5.74) is 11.1. The summed E-state index contributed by atoms with van der Waals surface area (Å²) in [5.74, 6) is -14.6. The fourth-order valence-corrected chi connectivity index (χ4v) is 7.54. The van der Waals surface area contributed by atoms with Crippen molar-refractivity contribution in [2.75, 3.05) is 30.6 Å². The maximum Gasteiger partial charge on any atom is 0.326 e. The molecular formula is C43H70N12O16S2. The predicted octanol–water partition coefficient (Wildman–Crippen LogP) is -4.34. The summed E-state index contributed by atoms with van der Waals surface area (Å²) < 4.78 is 0. The first-order valence-corrected chi connectivity index (χ1v) is 25.8. The highest BCUT2D eigenvalue weighted by Crippen LogP contribution is 2.12. The number of primary amides is 1. The number of nitrogens with two attached hydrogens (primary N) is 2. The van der Waals surface area contributed by atoms with Gasteiger partial charge in [0.25, 0.3) is 0 Å². The number of amides is 9. The number of hydrogen-bond donors (Lipinski definition) is 15. The molecule has 410 valence electrons. The first-order chi connectivity index (χ1) is 34.3. The molecule has 1 aromatic rings. The number of hydrogen-bond acceptors (Lipinski definition) is 17. The van der Waals surface area contributed by atoms with Crippen molar-refractivity contribution in [1.29, 1.82) is 0 Å². The number of imidazole rings is 1. The molecule has 0 spiro atoms. The van der Waals surface area contributed by atoms with Gasteiger partial charge >= 0.3 is 17.9 Å². The number of nitrogens with zero attached hydrogens (tertiary/aromatic N) is 1. The van der Waals surface area contributed by atoms with Gasteiger partial charge < -0.3 is 79.4 Å². The van der Waals surface area contributed by atoms with Crippen LogP contribution in [-0.2, 0) is 64.0 Å². The molecule has 1 aromatic heterocycles. The summed E-state index contributed by atoms with van der Waals surface area (Å²) >= 11 is 2.64. The molecule has 0 aliphatic carbocycles. The molecule has 10 atom stereocenters. The van der Waals surface area contributed by atoms with Gasteiger partial charge in [0.2, 0.25) is 53.2 Å². The maximum atomic E-state index is 13.9. The SMILES string of the molecule is CC[C@H](C)[C@H](NC(=O)[C@H](CCC(N)=O)NC(=O)[C@H](Cc1cnc[nH]1)NC(=O)[C@H](CC(=O)O)NC(=O)[C@@H](NC(=O)[C@H](CC(=O)O)NC(=O)[C@H](CCSC)NC(=O)[C@H](CCSC)NC(=O)[C@@H](N)CO)C(C)C)C(=O)O. The molecule has 0 aliphatic rings. The van der Waals surface area contributed by atoms with Gasteiger partial charge in [-0.05, 0) is 55.1 Å². The van der Waals surface area contributed by atoms with E-state index in [0.717, 1.165) is 0 Å². The Kier molecular flexibility index (Phi) is 29.4. The molecule has 30 heteroatoms. The number of H-pyrrole nitrogens is 1. The van der Waals surface area contributed by atoms with Crippen LogP contribution < -0.4 is 54.0 Å². The van der Waals surface area contributed by atoms with Gasteiger partial charge in [-0.2, -0.15) is 23.5 Å². The number of aliphatic carboxylic acids is 3. The number of thioether (sulfide) groups is 2. The minimum Gasteiger partial charge on any atom is -0.481 e. The first-order valence-electron chi connectivity index (χ1n) is 23.0. The van der Waals surface area contributed by atoms with Crippen molar-refractivity contribution in [1.82, 2.24) is 52.5 Å². The average molecular weight is 1080 g/mol. The van der Waals surface area contributed by atoms with Crippen LogP contribution in [0, 0.1) is 11.8 Å². The van der Waals surface area contributed by atoms with E-state index in [-0.39, 0.29) is 30.7 Å². The van der Waals surface area contributed by atoms with Crippen LogP contribution in [0.5, 0.6) is 0 Å². The normalized spacial score (nSPS) is 15.2. The fraction of sp³-hybridized carbons (Fsp3) is 0.651. The number of carboxylic acids is 3. The molecule has 0 saturated carbocycles. The summed E-state index contributed by atoms with van der Waals surface area (Å²) in [6, 6.07) is -14.1. The third kappa shape index (κ3) is 23.7. The molecule has 0 unspecified atom stereocenters. The molecule has 1 heterocycles. The summed E-state index contributed by atoms with van der Waals surface area (Å²) in [5, 5.41) is 57.5. The number of aliphatic hydroxyl groups is 1. The molecule has 9 amide bonds. The van der Waals surface area contributed by atoms with Crippen LogP contribution in [0.4, 0.5) is 0 Å². The van der Waals surface area contributed by atoms with Gasteiger partial charge in [-0.25, -0.2) is 9.78 Å². The monoisotopic (exact) mass is 1070 g/mol. The molecule has 0 saturated heterocycles. The summed E-state index contributed by atoms with van der Waals surface area (Å²) in [6.07, 6.45) is 3.01. The van der Waals surface area contributed by atoms with Crippen molar-refractivity contribution in [2.45, 2.75) is 133 Å². The highest BCUT2D eigenvalue weighted by atomic mass is 32.2. The Morgan fingerprint density at radius 2 is 1.01 bits per heavy atom. The third-order valence-electron chi connectivity index (χ3n) is 11.0. The van der Waals surface area contributed by atoms with Gasteiger partial charge in [0.15, 0.2) is 0 Å². The number of rotatable bonds is 36. The molecule has 0 fully saturated rings. The molecule has 0 radical (unpaired) electrons. The maximum absolute atomic E-state index is 13.9. The number of carbonyl (C=O) groups is 12. The smallest absolute Gasteiger partial charge is 0.326 e. The second-order valence-electron chi connectivity index (χ2n) is 17.1. The lowest BCUT2D eigenvalue weighted by molar-refractivity contribution is -0.144. The second-order valence-corrected chi connectivity index (χ2v) is 19.1. The zero-order valence-electron chi connectivity index (χ0n) is 41.4. The predicted molar refractivity (Wildman–Crippen MR) is 264 cm³/mol. The van der Waals surface area contributed by atoms with Crippen LogP contribution in [0.2, 0.25) is 0 Å². The number of carbonyl (C=O) groups excluding carboxylic acids is 9. The number of aromatic nitrogens is 2. The second kappa shape index (κ2) is 33.2. The molecule has 1 rings (SSSR count). The number of aliphatic hydroxyl groups excluding tert-OH is 1.